The molecule has 0 aromatic heterocycles. The van der Waals surface area contributed by atoms with E-state index in [-0.39, 0.29) is 6.04 Å². The van der Waals surface area contributed by atoms with Gasteiger partial charge in [0.05, 0.1) is 12.7 Å². The van der Waals surface area contributed by atoms with Crippen LogP contribution in [0.2, 0.25) is 0 Å². The molecule has 3 rings (SSSR count). The molecule has 128 valence electrons. The molecule has 1 aromatic rings. The Morgan fingerprint density at radius 3 is 2.74 bits per heavy atom. The van der Waals surface area contributed by atoms with E-state index in [1.807, 2.05) is 18.2 Å². The number of aliphatic hydroxyl groups excluding tert-OH is 1. The normalized spacial score (nSPS) is 28.9. The Morgan fingerprint density at radius 1 is 1.22 bits per heavy atom. The first-order valence-electron chi connectivity index (χ1n) is 9.26. The van der Waals surface area contributed by atoms with E-state index < -0.39 is 6.10 Å². The summed E-state index contributed by atoms with van der Waals surface area (Å²) in [6.45, 7) is 3.94. The van der Waals surface area contributed by atoms with Gasteiger partial charge in [-0.1, -0.05) is 36.8 Å². The molecular weight excluding hydrogens is 286 g/mol. The molecule has 0 saturated heterocycles. The molecule has 0 amide bonds. The summed E-state index contributed by atoms with van der Waals surface area (Å²) in [6, 6.07) is 10.6. The van der Waals surface area contributed by atoms with Crippen LogP contribution in [0.25, 0.3) is 0 Å². The quantitative estimate of drug-likeness (QED) is 0.685. The van der Waals surface area contributed by atoms with E-state index in [1.165, 1.54) is 37.7 Å². The van der Waals surface area contributed by atoms with Gasteiger partial charge in [0.25, 0.3) is 0 Å². The van der Waals surface area contributed by atoms with Gasteiger partial charge in [0, 0.05) is 19.2 Å². The van der Waals surface area contributed by atoms with Crippen molar-refractivity contribution in [3.8, 4) is 0 Å². The molecule has 5 atom stereocenters. The Morgan fingerprint density at radius 2 is 2.04 bits per heavy atom. The van der Waals surface area contributed by atoms with Gasteiger partial charge >= 0.3 is 0 Å². The molecule has 23 heavy (non-hydrogen) atoms. The number of hydrogen-bond donors (Lipinski definition) is 2. The maximum atomic E-state index is 10.1. The summed E-state index contributed by atoms with van der Waals surface area (Å²) in [4.78, 5) is 0. The van der Waals surface area contributed by atoms with Crippen LogP contribution in [-0.2, 0) is 4.74 Å². The Labute approximate surface area is 140 Å². The summed E-state index contributed by atoms with van der Waals surface area (Å²) < 4.78 is 5.71. The second-order valence-electron chi connectivity index (χ2n) is 7.49. The molecule has 0 spiro atoms. The van der Waals surface area contributed by atoms with Gasteiger partial charge in [-0.15, -0.1) is 0 Å². The number of rotatable bonds is 9. The van der Waals surface area contributed by atoms with Crippen LogP contribution in [0.15, 0.2) is 30.3 Å². The first-order valence-corrected chi connectivity index (χ1v) is 9.26. The molecule has 2 saturated carbocycles. The lowest BCUT2D eigenvalue weighted by Crippen LogP contribution is -2.32. The lowest BCUT2D eigenvalue weighted by atomic mass is 9.87. The fourth-order valence-electron chi connectivity index (χ4n) is 4.42. The average Bonchev–Trinajstić information content (AvgIpc) is 3.20. The van der Waals surface area contributed by atoms with Crippen molar-refractivity contribution in [3.05, 3.63) is 35.9 Å². The van der Waals surface area contributed by atoms with E-state index in [2.05, 4.69) is 24.4 Å². The zero-order valence-corrected chi connectivity index (χ0v) is 14.3. The van der Waals surface area contributed by atoms with Gasteiger partial charge in [0.1, 0.15) is 0 Å². The maximum absolute atomic E-state index is 10.1. The van der Waals surface area contributed by atoms with Crippen molar-refractivity contribution in [3.63, 3.8) is 0 Å². The summed E-state index contributed by atoms with van der Waals surface area (Å²) in [5.74, 6) is 2.88. The third-order valence-corrected chi connectivity index (χ3v) is 5.79. The van der Waals surface area contributed by atoms with Crippen molar-refractivity contribution >= 4 is 0 Å². The molecule has 2 aliphatic carbocycles. The molecule has 2 N–H and O–H groups in total. The second-order valence-corrected chi connectivity index (χ2v) is 7.49. The minimum absolute atomic E-state index is 0.250. The number of fused-ring (bicyclic) bond motifs is 2. The Kier molecular flexibility index (Phi) is 6.09. The van der Waals surface area contributed by atoms with E-state index >= 15 is 0 Å². The number of hydrogen-bond acceptors (Lipinski definition) is 3. The molecule has 3 nitrogen and oxygen atoms in total. The van der Waals surface area contributed by atoms with Gasteiger partial charge in [-0.2, -0.15) is 0 Å². The molecule has 2 bridgehead atoms. The van der Waals surface area contributed by atoms with Gasteiger partial charge in [0.2, 0.25) is 0 Å². The van der Waals surface area contributed by atoms with E-state index in [0.717, 1.165) is 24.4 Å². The summed E-state index contributed by atoms with van der Waals surface area (Å²) in [5.41, 5.74) is 1.25. The van der Waals surface area contributed by atoms with Crippen LogP contribution in [0, 0.1) is 17.8 Å². The van der Waals surface area contributed by atoms with Gasteiger partial charge in [-0.25, -0.2) is 0 Å². The van der Waals surface area contributed by atoms with Gasteiger partial charge in [0.15, 0.2) is 0 Å². The Hall–Kier alpha value is -0.900. The lowest BCUT2D eigenvalue weighted by Gasteiger charge is -2.22. The van der Waals surface area contributed by atoms with Crippen molar-refractivity contribution in [2.45, 2.75) is 51.2 Å². The number of ether oxygens (including phenoxy) is 1. The molecule has 0 radical (unpaired) electrons. The number of aliphatic hydroxyl groups is 1. The molecular formula is C20H31NO2. The van der Waals surface area contributed by atoms with Gasteiger partial charge in [-0.05, 0) is 55.9 Å². The zero-order chi connectivity index (χ0) is 16.1. The van der Waals surface area contributed by atoms with Crippen LogP contribution in [0.3, 0.4) is 0 Å². The SMILES string of the molecule is C[C@H](NC[C@H](O)COCC[C@@H]1C[C@@H]2CC[C@@H]1C2)c1ccccc1. The summed E-state index contributed by atoms with van der Waals surface area (Å²) in [7, 11) is 0. The molecule has 1 aromatic carbocycles. The fraction of sp³-hybridized carbons (Fsp3) is 0.700. The van der Waals surface area contributed by atoms with Crippen molar-refractivity contribution in [1.29, 1.82) is 0 Å². The van der Waals surface area contributed by atoms with Crippen LogP contribution in [0.5, 0.6) is 0 Å². The summed E-state index contributed by atoms with van der Waals surface area (Å²) >= 11 is 0. The minimum Gasteiger partial charge on any atom is -0.389 e. The fourth-order valence-corrected chi connectivity index (χ4v) is 4.42. The van der Waals surface area contributed by atoms with Crippen LogP contribution in [0.4, 0.5) is 0 Å². The van der Waals surface area contributed by atoms with Gasteiger partial charge in [-0.3, -0.25) is 0 Å². The number of benzene rings is 1. The standard InChI is InChI=1S/C20H31NO2/c1-15(17-5-3-2-4-6-17)21-13-20(22)14-23-10-9-19-12-16-7-8-18(19)11-16/h2-6,15-16,18-22H,7-14H2,1H3/t15-,16+,18+,19+,20-/m0/s1. The predicted octanol–water partition coefficient (Wildman–Crippen LogP) is 3.54. The van der Waals surface area contributed by atoms with Crippen LogP contribution >= 0.6 is 0 Å². The average molecular weight is 317 g/mol. The Bertz CT molecular complexity index is 464. The van der Waals surface area contributed by atoms with Gasteiger partial charge < -0.3 is 15.2 Å². The highest BCUT2D eigenvalue weighted by atomic mass is 16.5. The highest BCUT2D eigenvalue weighted by Gasteiger charge is 2.38. The summed E-state index contributed by atoms with van der Waals surface area (Å²) in [6.07, 6.45) is 6.55. The van der Waals surface area contributed by atoms with Crippen LogP contribution < -0.4 is 5.32 Å². The second kappa shape index (κ2) is 8.27. The predicted molar refractivity (Wildman–Crippen MR) is 93.2 cm³/mol. The van der Waals surface area contributed by atoms with Crippen molar-refractivity contribution < 1.29 is 9.84 Å². The van der Waals surface area contributed by atoms with E-state index in [9.17, 15) is 5.11 Å². The van der Waals surface area contributed by atoms with Crippen LogP contribution in [-0.4, -0.2) is 31.0 Å². The molecule has 2 fully saturated rings. The monoisotopic (exact) mass is 317 g/mol. The topological polar surface area (TPSA) is 41.5 Å². The first kappa shape index (κ1) is 16.9. The first-order chi connectivity index (χ1) is 11.2. The minimum atomic E-state index is -0.429. The molecule has 0 aliphatic heterocycles. The highest BCUT2D eigenvalue weighted by Crippen LogP contribution is 2.49. The molecule has 0 unspecified atom stereocenters. The van der Waals surface area contributed by atoms with E-state index in [0.29, 0.717) is 13.2 Å². The molecule has 0 heterocycles. The van der Waals surface area contributed by atoms with Crippen molar-refractivity contribution in [1.82, 2.24) is 5.32 Å². The Balaban J connectivity index is 1.26. The third kappa shape index (κ3) is 4.79. The van der Waals surface area contributed by atoms with Crippen molar-refractivity contribution in [2.75, 3.05) is 19.8 Å². The summed E-state index contributed by atoms with van der Waals surface area (Å²) in [5, 5.41) is 13.4. The molecule has 2 aliphatic rings. The third-order valence-electron chi connectivity index (χ3n) is 5.79. The maximum Gasteiger partial charge on any atom is 0.0897 e. The largest absolute Gasteiger partial charge is 0.389 e. The van der Waals surface area contributed by atoms with E-state index in [4.69, 9.17) is 4.74 Å². The zero-order valence-electron chi connectivity index (χ0n) is 14.3. The lowest BCUT2D eigenvalue weighted by molar-refractivity contribution is 0.0280. The smallest absolute Gasteiger partial charge is 0.0897 e. The van der Waals surface area contributed by atoms with E-state index in [1.54, 1.807) is 0 Å². The number of nitrogens with one attached hydrogen (secondary N) is 1. The molecule has 3 heteroatoms. The highest BCUT2D eigenvalue weighted by molar-refractivity contribution is 5.17. The van der Waals surface area contributed by atoms with Crippen molar-refractivity contribution in [2.24, 2.45) is 17.8 Å². The van der Waals surface area contributed by atoms with Crippen LogP contribution in [0.1, 0.15) is 50.6 Å².